The van der Waals surface area contributed by atoms with Crippen LogP contribution >= 0.6 is 0 Å². The van der Waals surface area contributed by atoms with Crippen molar-refractivity contribution in [1.82, 2.24) is 19.1 Å². The molecule has 11 heteroatoms. The van der Waals surface area contributed by atoms with Gasteiger partial charge in [-0.2, -0.15) is 4.98 Å². The molecule has 39 heavy (non-hydrogen) atoms. The highest BCUT2D eigenvalue weighted by Gasteiger charge is 2.19. The molecular weight excluding hydrogens is 502 g/mol. The maximum absolute atomic E-state index is 13.4. The molecule has 0 saturated carbocycles. The number of pyridine rings is 1. The van der Waals surface area contributed by atoms with Crippen LogP contribution in [0, 0.1) is 12.8 Å². The Morgan fingerprint density at radius 1 is 1.00 bits per heavy atom. The Morgan fingerprint density at radius 3 is 2.38 bits per heavy atom. The van der Waals surface area contributed by atoms with E-state index in [0.717, 1.165) is 21.4 Å². The first-order valence-corrected chi connectivity index (χ1v) is 12.2. The Balaban J connectivity index is 1.62. The lowest BCUT2D eigenvalue weighted by Crippen LogP contribution is -2.44. The number of nitrogens with zero attached hydrogens (tertiary/aromatic N) is 4. The van der Waals surface area contributed by atoms with Gasteiger partial charge in [-0.3, -0.25) is 9.36 Å². The standard InChI is InChI=1S/C28H29N5O6/c1-18-7-9-20(10-8-18)16-32-26(31-27(36)33(28(32)37)15-19(2)25(34)35)30-21-11-13-23(14-12-21)39-24-6-4-5-22(29-24)17-38-3/h4-14,19H,15-17H2,1-3H3,(H,34,35)(H,30,31,36)/t19-/m0/s1. The van der Waals surface area contributed by atoms with E-state index in [-0.39, 0.29) is 19.0 Å². The zero-order chi connectivity index (χ0) is 27.9. The summed E-state index contributed by atoms with van der Waals surface area (Å²) >= 11 is 0. The van der Waals surface area contributed by atoms with Crippen molar-refractivity contribution in [2.24, 2.45) is 5.92 Å². The van der Waals surface area contributed by atoms with Crippen LogP contribution in [0.1, 0.15) is 23.7 Å². The summed E-state index contributed by atoms with van der Waals surface area (Å²) in [5.74, 6) is -1.08. The Morgan fingerprint density at radius 2 is 1.72 bits per heavy atom. The molecule has 0 fully saturated rings. The highest BCUT2D eigenvalue weighted by atomic mass is 16.5. The van der Waals surface area contributed by atoms with Crippen molar-refractivity contribution in [1.29, 1.82) is 0 Å². The highest BCUT2D eigenvalue weighted by molar-refractivity contribution is 5.69. The summed E-state index contributed by atoms with van der Waals surface area (Å²) in [5, 5.41) is 12.3. The second-order valence-corrected chi connectivity index (χ2v) is 9.07. The van der Waals surface area contributed by atoms with Crippen molar-refractivity contribution in [3.8, 4) is 11.6 Å². The van der Waals surface area contributed by atoms with E-state index in [9.17, 15) is 19.5 Å². The van der Waals surface area contributed by atoms with Crippen molar-refractivity contribution < 1.29 is 19.4 Å². The summed E-state index contributed by atoms with van der Waals surface area (Å²) < 4.78 is 13.1. The van der Waals surface area contributed by atoms with Gasteiger partial charge in [0.05, 0.1) is 24.8 Å². The molecule has 4 rings (SSSR count). The van der Waals surface area contributed by atoms with E-state index >= 15 is 0 Å². The predicted molar refractivity (Wildman–Crippen MR) is 145 cm³/mol. The quantitative estimate of drug-likeness (QED) is 0.297. The van der Waals surface area contributed by atoms with Gasteiger partial charge in [0.2, 0.25) is 11.8 Å². The van der Waals surface area contributed by atoms with E-state index in [1.165, 1.54) is 11.5 Å². The Bertz CT molecular complexity index is 1560. The molecule has 202 valence electrons. The van der Waals surface area contributed by atoms with Crippen LogP contribution in [0.4, 0.5) is 11.6 Å². The second-order valence-electron chi connectivity index (χ2n) is 9.07. The molecule has 0 aliphatic heterocycles. The van der Waals surface area contributed by atoms with Gasteiger partial charge in [-0.15, -0.1) is 0 Å². The largest absolute Gasteiger partial charge is 0.481 e. The Hall–Kier alpha value is -4.77. The molecule has 0 aliphatic rings. The highest BCUT2D eigenvalue weighted by Crippen LogP contribution is 2.23. The van der Waals surface area contributed by atoms with Crippen LogP contribution in [0.2, 0.25) is 0 Å². The van der Waals surface area contributed by atoms with Crippen LogP contribution in [-0.2, 0) is 29.2 Å². The van der Waals surface area contributed by atoms with Crippen LogP contribution in [0.15, 0.2) is 76.3 Å². The summed E-state index contributed by atoms with van der Waals surface area (Å²) in [7, 11) is 1.59. The number of nitrogens with one attached hydrogen (secondary N) is 1. The molecule has 1 atom stereocenters. The average Bonchev–Trinajstić information content (AvgIpc) is 2.91. The maximum Gasteiger partial charge on any atom is 0.354 e. The lowest BCUT2D eigenvalue weighted by molar-refractivity contribution is -0.141. The molecule has 0 bridgehead atoms. The van der Waals surface area contributed by atoms with Gasteiger partial charge in [0.25, 0.3) is 0 Å². The predicted octanol–water partition coefficient (Wildman–Crippen LogP) is 3.56. The summed E-state index contributed by atoms with van der Waals surface area (Å²) in [5.41, 5.74) is 1.68. The topological polar surface area (TPSA) is 138 Å². The van der Waals surface area contributed by atoms with Crippen molar-refractivity contribution in [2.45, 2.75) is 33.5 Å². The minimum Gasteiger partial charge on any atom is -0.481 e. The number of benzene rings is 2. The number of carbonyl (C=O) groups is 1. The fourth-order valence-electron chi connectivity index (χ4n) is 3.75. The first-order valence-electron chi connectivity index (χ1n) is 12.2. The zero-order valence-corrected chi connectivity index (χ0v) is 21.8. The lowest BCUT2D eigenvalue weighted by atomic mass is 10.1. The number of carboxylic acid groups (broad SMARTS) is 1. The van der Waals surface area contributed by atoms with E-state index in [1.54, 1.807) is 37.4 Å². The van der Waals surface area contributed by atoms with E-state index in [1.807, 2.05) is 43.3 Å². The summed E-state index contributed by atoms with van der Waals surface area (Å²) in [4.78, 5) is 46.0. The van der Waals surface area contributed by atoms with Gasteiger partial charge in [-0.05, 0) is 42.8 Å². The molecular formula is C28H29N5O6. The van der Waals surface area contributed by atoms with Crippen LogP contribution in [-0.4, -0.2) is 37.3 Å². The van der Waals surface area contributed by atoms with Crippen LogP contribution in [0.25, 0.3) is 0 Å². The molecule has 0 amide bonds. The number of ether oxygens (including phenoxy) is 2. The third kappa shape index (κ3) is 6.96. The minimum absolute atomic E-state index is 0.0346. The number of hydrogen-bond donors (Lipinski definition) is 2. The zero-order valence-electron chi connectivity index (χ0n) is 21.8. The summed E-state index contributed by atoms with van der Waals surface area (Å²) in [6.45, 7) is 3.58. The third-order valence-electron chi connectivity index (χ3n) is 5.90. The Labute approximate surface area is 224 Å². The molecule has 11 nitrogen and oxygen atoms in total. The molecule has 4 aromatic rings. The van der Waals surface area contributed by atoms with Crippen LogP contribution in [0.5, 0.6) is 11.6 Å². The second kappa shape index (κ2) is 12.2. The van der Waals surface area contributed by atoms with E-state index in [0.29, 0.717) is 23.9 Å². The normalized spacial score (nSPS) is 11.7. The number of methoxy groups -OCH3 is 1. The Kier molecular flexibility index (Phi) is 8.52. The fraction of sp³-hybridized carbons (Fsp3) is 0.250. The molecule has 0 aliphatic carbocycles. The smallest absolute Gasteiger partial charge is 0.354 e. The number of aromatic nitrogens is 4. The SMILES string of the molecule is COCc1cccc(Oc2ccc(Nc3nc(=O)n(C[C@H](C)C(=O)O)c(=O)n3Cc3ccc(C)cc3)cc2)n1. The van der Waals surface area contributed by atoms with Gasteiger partial charge in [-0.1, -0.05) is 42.8 Å². The maximum atomic E-state index is 13.4. The van der Waals surface area contributed by atoms with Crippen LogP contribution in [0.3, 0.4) is 0 Å². The monoisotopic (exact) mass is 531 g/mol. The van der Waals surface area contributed by atoms with Gasteiger partial charge in [0.1, 0.15) is 5.75 Å². The summed E-state index contributed by atoms with van der Waals surface area (Å²) in [6.07, 6.45) is 0. The molecule has 0 spiro atoms. The number of rotatable bonds is 11. The number of anilines is 2. The van der Waals surface area contributed by atoms with Crippen molar-refractivity contribution in [2.75, 3.05) is 12.4 Å². The molecule has 2 heterocycles. The van der Waals surface area contributed by atoms with Gasteiger partial charge in [0.15, 0.2) is 0 Å². The molecule has 0 saturated heterocycles. The molecule has 0 unspecified atom stereocenters. The fourth-order valence-corrected chi connectivity index (χ4v) is 3.75. The molecule has 2 N–H and O–H groups in total. The summed E-state index contributed by atoms with van der Waals surface area (Å²) in [6, 6.07) is 19.8. The van der Waals surface area contributed by atoms with Crippen molar-refractivity contribution in [3.05, 3.63) is 105 Å². The van der Waals surface area contributed by atoms with E-state index in [4.69, 9.17) is 9.47 Å². The van der Waals surface area contributed by atoms with E-state index < -0.39 is 23.3 Å². The average molecular weight is 532 g/mol. The number of hydrogen-bond acceptors (Lipinski definition) is 8. The third-order valence-corrected chi connectivity index (χ3v) is 5.90. The lowest BCUT2D eigenvalue weighted by Gasteiger charge is -2.17. The van der Waals surface area contributed by atoms with E-state index in [2.05, 4.69) is 15.3 Å². The number of carboxylic acids is 1. The van der Waals surface area contributed by atoms with Gasteiger partial charge >= 0.3 is 17.3 Å². The van der Waals surface area contributed by atoms with Crippen molar-refractivity contribution >= 4 is 17.6 Å². The number of aliphatic carboxylic acids is 1. The molecule has 2 aromatic heterocycles. The first-order chi connectivity index (χ1) is 18.7. The van der Waals surface area contributed by atoms with Gasteiger partial charge in [-0.25, -0.2) is 19.1 Å². The molecule has 2 aromatic carbocycles. The minimum atomic E-state index is -1.11. The number of aryl methyl sites for hydroxylation is 1. The van der Waals surface area contributed by atoms with Crippen molar-refractivity contribution in [3.63, 3.8) is 0 Å². The first kappa shape index (κ1) is 27.3. The van der Waals surface area contributed by atoms with Gasteiger partial charge in [0, 0.05) is 25.4 Å². The van der Waals surface area contributed by atoms with Gasteiger partial charge < -0.3 is 19.9 Å². The molecule has 0 radical (unpaired) electrons. The van der Waals surface area contributed by atoms with Crippen LogP contribution < -0.4 is 21.4 Å².